The zero-order chi connectivity index (χ0) is 19.6. The Morgan fingerprint density at radius 1 is 1.07 bits per heavy atom. The summed E-state index contributed by atoms with van der Waals surface area (Å²) in [6.07, 6.45) is 11.4. The first-order chi connectivity index (χ1) is 13.5. The molecule has 3 aliphatic rings. The van der Waals surface area contributed by atoms with Crippen molar-refractivity contribution in [2.75, 3.05) is 11.5 Å². The molecule has 7 nitrogen and oxygen atoms in total. The maximum atomic E-state index is 12.8. The van der Waals surface area contributed by atoms with Gasteiger partial charge in [0.15, 0.2) is 15.7 Å². The summed E-state index contributed by atoms with van der Waals surface area (Å²) in [6, 6.07) is 0. The summed E-state index contributed by atoms with van der Waals surface area (Å²) in [5.74, 6) is 1.84. The molecule has 0 unspecified atom stereocenters. The summed E-state index contributed by atoms with van der Waals surface area (Å²) >= 11 is 0. The number of carbonyl (C=O) groups excluding carboxylic acids is 1. The normalized spacial score (nSPS) is 27.5. The molecule has 1 amide bonds. The van der Waals surface area contributed by atoms with Gasteiger partial charge in [-0.3, -0.25) is 4.79 Å². The van der Waals surface area contributed by atoms with Gasteiger partial charge in [-0.25, -0.2) is 8.42 Å². The molecule has 2 saturated carbocycles. The van der Waals surface area contributed by atoms with Gasteiger partial charge in [-0.1, -0.05) is 43.7 Å². The van der Waals surface area contributed by atoms with E-state index in [0.717, 1.165) is 51.4 Å². The molecular formula is C20H31N3O4S. The molecule has 0 aromatic carbocycles. The summed E-state index contributed by atoms with van der Waals surface area (Å²) < 4.78 is 29.0. The van der Waals surface area contributed by atoms with Crippen LogP contribution in [0.25, 0.3) is 0 Å². The predicted octanol–water partition coefficient (Wildman–Crippen LogP) is 3.22. The number of hydrogen-bond donors (Lipinski definition) is 1. The standard InChI is InChI=1S/C20H31N3O4S/c24-17(13-15-9-12-28(25,26)14-15)22-20(10-5-1-2-6-11-20)19-21-18(27-23-19)16-7-3-4-8-16/h15-16H,1-14H2,(H,22,24)/t15-/m0/s1. The van der Waals surface area contributed by atoms with Crippen LogP contribution in [0.5, 0.6) is 0 Å². The van der Waals surface area contributed by atoms with Crippen LogP contribution in [0.4, 0.5) is 0 Å². The van der Waals surface area contributed by atoms with Crippen LogP contribution in [-0.2, 0) is 20.2 Å². The minimum atomic E-state index is -2.97. The summed E-state index contributed by atoms with van der Waals surface area (Å²) in [6.45, 7) is 0. The first-order valence-electron chi connectivity index (χ1n) is 10.8. The fourth-order valence-corrected chi connectivity index (χ4v) is 6.98. The van der Waals surface area contributed by atoms with Crippen LogP contribution in [0.1, 0.15) is 94.7 Å². The zero-order valence-electron chi connectivity index (χ0n) is 16.5. The Kier molecular flexibility index (Phi) is 5.76. The van der Waals surface area contributed by atoms with E-state index in [0.29, 0.717) is 24.1 Å². The summed E-state index contributed by atoms with van der Waals surface area (Å²) in [7, 11) is -2.97. The largest absolute Gasteiger partial charge is 0.343 e. The fraction of sp³-hybridized carbons (Fsp3) is 0.850. The Bertz CT molecular complexity index is 790. The van der Waals surface area contributed by atoms with Crippen LogP contribution in [0.2, 0.25) is 0 Å². The van der Waals surface area contributed by atoms with Crippen molar-refractivity contribution in [1.82, 2.24) is 15.5 Å². The van der Waals surface area contributed by atoms with Gasteiger partial charge in [0.2, 0.25) is 11.8 Å². The lowest BCUT2D eigenvalue weighted by Gasteiger charge is -2.31. The van der Waals surface area contributed by atoms with Crippen molar-refractivity contribution in [3.05, 3.63) is 11.7 Å². The summed E-state index contributed by atoms with van der Waals surface area (Å²) in [5.41, 5.74) is -0.578. The Hall–Kier alpha value is -1.44. The first kappa shape index (κ1) is 19.9. The molecule has 28 heavy (non-hydrogen) atoms. The summed E-state index contributed by atoms with van der Waals surface area (Å²) in [4.78, 5) is 17.6. The van der Waals surface area contributed by atoms with E-state index >= 15 is 0 Å². The third-order valence-electron chi connectivity index (χ3n) is 6.71. The molecule has 1 aromatic rings. The minimum absolute atomic E-state index is 0.0767. The highest BCUT2D eigenvalue weighted by molar-refractivity contribution is 7.91. The average molecular weight is 410 g/mol. The third-order valence-corrected chi connectivity index (χ3v) is 8.55. The fourth-order valence-electron chi connectivity index (χ4n) is 5.12. The van der Waals surface area contributed by atoms with Crippen LogP contribution in [0.15, 0.2) is 4.52 Å². The molecule has 1 aromatic heterocycles. The molecule has 1 aliphatic heterocycles. The van der Waals surface area contributed by atoms with Crippen molar-refractivity contribution in [2.24, 2.45) is 5.92 Å². The van der Waals surface area contributed by atoms with Gasteiger partial charge in [0, 0.05) is 12.3 Å². The van der Waals surface area contributed by atoms with Gasteiger partial charge in [-0.2, -0.15) is 4.98 Å². The van der Waals surface area contributed by atoms with E-state index < -0.39 is 15.4 Å². The second kappa shape index (κ2) is 8.13. The van der Waals surface area contributed by atoms with Crippen molar-refractivity contribution in [1.29, 1.82) is 0 Å². The van der Waals surface area contributed by atoms with Crippen molar-refractivity contribution < 1.29 is 17.7 Å². The number of hydrogen-bond acceptors (Lipinski definition) is 6. The molecule has 0 spiro atoms. The highest BCUT2D eigenvalue weighted by Crippen LogP contribution is 2.38. The Balaban J connectivity index is 1.50. The maximum absolute atomic E-state index is 12.8. The van der Waals surface area contributed by atoms with Gasteiger partial charge < -0.3 is 9.84 Å². The van der Waals surface area contributed by atoms with Crippen molar-refractivity contribution in [3.63, 3.8) is 0 Å². The van der Waals surface area contributed by atoms with E-state index in [9.17, 15) is 13.2 Å². The van der Waals surface area contributed by atoms with Gasteiger partial charge in [-0.15, -0.1) is 0 Å². The van der Waals surface area contributed by atoms with Gasteiger partial charge in [0.25, 0.3) is 0 Å². The zero-order valence-corrected chi connectivity index (χ0v) is 17.3. The van der Waals surface area contributed by atoms with Crippen LogP contribution in [0, 0.1) is 5.92 Å². The van der Waals surface area contributed by atoms with E-state index in [-0.39, 0.29) is 29.8 Å². The molecule has 4 rings (SSSR count). The maximum Gasteiger partial charge on any atom is 0.229 e. The van der Waals surface area contributed by atoms with Gasteiger partial charge in [0.05, 0.1) is 11.5 Å². The SMILES string of the molecule is O=C(C[C@@H]1CCS(=O)(=O)C1)NC1(c2noc(C3CCCC3)n2)CCCCCC1. The molecule has 1 saturated heterocycles. The highest BCUT2D eigenvalue weighted by Gasteiger charge is 2.40. The lowest BCUT2D eigenvalue weighted by atomic mass is 9.88. The monoisotopic (exact) mass is 409 g/mol. The van der Waals surface area contributed by atoms with Crippen molar-refractivity contribution >= 4 is 15.7 Å². The van der Waals surface area contributed by atoms with Crippen LogP contribution in [0.3, 0.4) is 0 Å². The molecule has 156 valence electrons. The van der Waals surface area contributed by atoms with Crippen LogP contribution < -0.4 is 5.32 Å². The van der Waals surface area contributed by atoms with Crippen molar-refractivity contribution in [2.45, 2.75) is 88.5 Å². The average Bonchev–Trinajstić information content (AvgIpc) is 3.35. The van der Waals surface area contributed by atoms with E-state index in [1.165, 1.54) is 12.8 Å². The Morgan fingerprint density at radius 2 is 1.79 bits per heavy atom. The quantitative estimate of drug-likeness (QED) is 0.749. The van der Waals surface area contributed by atoms with Gasteiger partial charge >= 0.3 is 0 Å². The smallest absolute Gasteiger partial charge is 0.229 e. The lowest BCUT2D eigenvalue weighted by Crippen LogP contribution is -2.47. The molecule has 0 bridgehead atoms. The second-order valence-electron chi connectivity index (χ2n) is 8.96. The number of rotatable bonds is 5. The number of nitrogens with zero attached hydrogens (tertiary/aromatic N) is 2. The molecule has 2 aliphatic carbocycles. The van der Waals surface area contributed by atoms with Crippen molar-refractivity contribution in [3.8, 4) is 0 Å². The first-order valence-corrected chi connectivity index (χ1v) is 12.6. The Morgan fingerprint density at radius 3 is 2.43 bits per heavy atom. The second-order valence-corrected chi connectivity index (χ2v) is 11.2. The van der Waals surface area contributed by atoms with E-state index in [2.05, 4.69) is 10.5 Å². The number of sulfone groups is 1. The van der Waals surface area contributed by atoms with Crippen LogP contribution >= 0.6 is 0 Å². The predicted molar refractivity (Wildman–Crippen MR) is 104 cm³/mol. The lowest BCUT2D eigenvalue weighted by molar-refractivity contribution is -0.124. The molecular weight excluding hydrogens is 378 g/mol. The molecule has 3 fully saturated rings. The van der Waals surface area contributed by atoms with E-state index in [4.69, 9.17) is 9.51 Å². The number of nitrogens with one attached hydrogen (secondary N) is 1. The topological polar surface area (TPSA) is 102 Å². The van der Waals surface area contributed by atoms with Crippen LogP contribution in [-0.4, -0.2) is 36.0 Å². The minimum Gasteiger partial charge on any atom is -0.343 e. The highest BCUT2D eigenvalue weighted by atomic mass is 32.2. The third kappa shape index (κ3) is 4.42. The van der Waals surface area contributed by atoms with Gasteiger partial charge in [-0.05, 0) is 38.0 Å². The number of aromatic nitrogens is 2. The Labute approximate surface area is 167 Å². The molecule has 1 atom stereocenters. The van der Waals surface area contributed by atoms with Gasteiger partial charge in [0.1, 0.15) is 5.54 Å². The molecule has 1 N–H and O–H groups in total. The summed E-state index contributed by atoms with van der Waals surface area (Å²) in [5, 5.41) is 7.54. The molecule has 0 radical (unpaired) electrons. The molecule has 2 heterocycles. The number of carbonyl (C=O) groups is 1. The number of amides is 1. The molecule has 8 heteroatoms. The van der Waals surface area contributed by atoms with E-state index in [1.54, 1.807) is 0 Å². The van der Waals surface area contributed by atoms with E-state index in [1.807, 2.05) is 0 Å².